The Labute approximate surface area is 488 Å². The molecule has 1 aliphatic carbocycles. The average molecular weight is 1130 g/mol. The van der Waals surface area contributed by atoms with Crippen LogP contribution in [-0.2, 0) is 36.8 Å². The number of ether oxygens (including phenoxy) is 2. The Bertz CT molecular complexity index is 2830. The Kier molecular flexibility index (Phi) is 17.3. The van der Waals surface area contributed by atoms with Crippen molar-refractivity contribution in [3.63, 3.8) is 0 Å². The van der Waals surface area contributed by atoms with Crippen LogP contribution in [0, 0.1) is 16.7 Å². The number of aliphatic hydroxyl groups excluding tert-OH is 1. The standard InChI is InChI=1S/C65H97N11O6/c1-7-9-10-11-19-55(73-29-24-65(40-73)25-30-74(41-65)62(79)58-57(68-58)44-20-21-44)60(77)67-53-39-70-26-14-16-46(37-70)45-22-23-54-49(33-45)51(35-64(4,5)42-82-63(80)52-18-15-28-76(69-52)61(53)78)59(75(54)8-2)50-34-48(36-66-56(50)43(3)81-6)72-32-31-71-27-13-12-17-47(71)38-72/h16,22-23,33-34,36,43-44,47,52-53,55,57-58,63,68-69,80H,7-15,17-21,24-32,35,37-42H2,1-6H3,(H,67,77)/t43-,47+,52-,53-,55-,57+,58+,63?,65-/m0/s1. The molecule has 6 saturated heterocycles. The number of amides is 3. The molecule has 4 N–H and O–H groups in total. The minimum absolute atomic E-state index is 0.0196. The summed E-state index contributed by atoms with van der Waals surface area (Å²) in [5.41, 5.74) is 12.1. The Morgan fingerprint density at radius 2 is 1.80 bits per heavy atom. The number of carbonyl (C=O) groups excluding carboxylic acids is 3. The van der Waals surface area contributed by atoms with Crippen LogP contribution >= 0.6 is 0 Å². The summed E-state index contributed by atoms with van der Waals surface area (Å²) in [4.78, 5) is 61.5. The van der Waals surface area contributed by atoms with Gasteiger partial charge in [-0.2, -0.15) is 0 Å². The predicted molar refractivity (Wildman–Crippen MR) is 322 cm³/mol. The molecule has 1 spiro atoms. The maximum Gasteiger partial charge on any atom is 0.260 e. The highest BCUT2D eigenvalue weighted by molar-refractivity contribution is 5.95. The number of rotatable bonds is 15. The van der Waals surface area contributed by atoms with E-state index in [-0.39, 0.29) is 47.9 Å². The molecule has 7 fully saturated rings. The van der Waals surface area contributed by atoms with E-state index in [1.54, 1.807) is 12.1 Å². The van der Waals surface area contributed by atoms with Crippen LogP contribution in [0.4, 0.5) is 5.69 Å². The van der Waals surface area contributed by atoms with Crippen molar-refractivity contribution in [1.82, 2.24) is 50.2 Å². The van der Waals surface area contributed by atoms with E-state index < -0.39 is 23.8 Å². The number of nitrogens with zero attached hydrogens (tertiary/aromatic N) is 8. The summed E-state index contributed by atoms with van der Waals surface area (Å²) < 4.78 is 15.1. The Morgan fingerprint density at radius 1 is 0.951 bits per heavy atom. The lowest BCUT2D eigenvalue weighted by Crippen LogP contribution is -2.63. The number of pyridine rings is 1. The summed E-state index contributed by atoms with van der Waals surface area (Å²) in [6, 6.07) is 8.54. The normalized spacial score (nSPS) is 30.8. The van der Waals surface area contributed by atoms with Crippen LogP contribution in [0.5, 0.6) is 0 Å². The quantitative estimate of drug-likeness (QED) is 0.0898. The zero-order valence-electron chi connectivity index (χ0n) is 50.4. The van der Waals surface area contributed by atoms with Gasteiger partial charge in [0.15, 0.2) is 6.29 Å². The van der Waals surface area contributed by atoms with Gasteiger partial charge in [-0.25, -0.2) is 5.43 Å². The van der Waals surface area contributed by atoms with Crippen LogP contribution in [0.2, 0.25) is 0 Å². The Morgan fingerprint density at radius 3 is 2.62 bits per heavy atom. The van der Waals surface area contributed by atoms with Crippen molar-refractivity contribution in [3.05, 3.63) is 53.4 Å². The van der Waals surface area contributed by atoms with Gasteiger partial charge < -0.3 is 34.3 Å². The van der Waals surface area contributed by atoms with E-state index in [4.69, 9.17) is 14.5 Å². The van der Waals surface area contributed by atoms with E-state index in [1.165, 1.54) is 55.2 Å². The topological polar surface area (TPSA) is 173 Å². The lowest BCUT2D eigenvalue weighted by molar-refractivity contribution is -0.164. The summed E-state index contributed by atoms with van der Waals surface area (Å²) in [6.07, 6.45) is 19.0. The number of hydrogen-bond donors (Lipinski definition) is 4. The second-order valence-electron chi connectivity index (χ2n) is 27.3. The first kappa shape index (κ1) is 57.9. The molecule has 448 valence electrons. The molecule has 9 aliphatic rings. The van der Waals surface area contributed by atoms with Crippen LogP contribution in [0.3, 0.4) is 0 Å². The van der Waals surface area contributed by atoms with Gasteiger partial charge >= 0.3 is 0 Å². The molecule has 1 aromatic carbocycles. The number of carbonyl (C=O) groups is 3. The number of hydrazine groups is 1. The van der Waals surface area contributed by atoms with Gasteiger partial charge in [-0.3, -0.25) is 44.4 Å². The van der Waals surface area contributed by atoms with Crippen LogP contribution in [-0.4, -0.2) is 192 Å². The van der Waals surface area contributed by atoms with Crippen molar-refractivity contribution in [3.8, 4) is 11.3 Å². The molecule has 12 rings (SSSR count). The summed E-state index contributed by atoms with van der Waals surface area (Å²) >= 11 is 0. The van der Waals surface area contributed by atoms with Gasteiger partial charge in [0.1, 0.15) is 12.1 Å². The number of unbranched alkanes of at least 4 members (excludes halogenated alkanes) is 3. The molecule has 17 heteroatoms. The van der Waals surface area contributed by atoms with Crippen LogP contribution < -0.4 is 21.0 Å². The molecule has 17 nitrogen and oxygen atoms in total. The molecular formula is C65H97N11O6. The van der Waals surface area contributed by atoms with Crippen molar-refractivity contribution in [2.45, 2.75) is 193 Å². The zero-order valence-corrected chi connectivity index (χ0v) is 50.4. The number of nitrogens with one attached hydrogen (secondary N) is 3. The molecule has 2 unspecified atom stereocenters. The molecule has 3 aromatic rings. The number of methoxy groups -OCH3 is 1. The van der Waals surface area contributed by atoms with Gasteiger partial charge in [0, 0.05) is 113 Å². The fourth-order valence-corrected chi connectivity index (χ4v) is 15.7. The maximum atomic E-state index is 15.2. The zero-order chi connectivity index (χ0) is 56.9. The third kappa shape index (κ3) is 12.2. The van der Waals surface area contributed by atoms with Gasteiger partial charge in [-0.15, -0.1) is 0 Å². The van der Waals surface area contributed by atoms with E-state index in [0.29, 0.717) is 56.9 Å². The number of piperazine rings is 1. The number of piperidine rings is 1. The molecule has 82 heavy (non-hydrogen) atoms. The van der Waals surface area contributed by atoms with E-state index in [0.717, 1.165) is 144 Å². The monoisotopic (exact) mass is 1130 g/mol. The molecule has 2 aromatic heterocycles. The fraction of sp³-hybridized carbons (Fsp3) is 0.723. The fourth-order valence-electron chi connectivity index (χ4n) is 15.7. The summed E-state index contributed by atoms with van der Waals surface area (Å²) in [5.74, 6) is 0.647. The number of anilines is 1. The minimum atomic E-state index is -1.17. The number of hydrogen-bond acceptors (Lipinski definition) is 13. The first-order valence-corrected chi connectivity index (χ1v) is 32.3. The van der Waals surface area contributed by atoms with Crippen molar-refractivity contribution < 1.29 is 29.0 Å². The van der Waals surface area contributed by atoms with E-state index in [1.807, 2.05) is 0 Å². The van der Waals surface area contributed by atoms with Crippen LogP contribution in [0.25, 0.3) is 27.7 Å². The van der Waals surface area contributed by atoms with Crippen molar-refractivity contribution in [2.24, 2.45) is 16.7 Å². The second-order valence-corrected chi connectivity index (χ2v) is 27.3. The van der Waals surface area contributed by atoms with Crippen molar-refractivity contribution in [1.29, 1.82) is 0 Å². The van der Waals surface area contributed by atoms with Crippen LogP contribution in [0.15, 0.2) is 36.5 Å². The molecule has 10 heterocycles. The first-order valence-electron chi connectivity index (χ1n) is 32.3. The van der Waals surface area contributed by atoms with Gasteiger partial charge in [0.25, 0.3) is 5.91 Å². The number of aromatic nitrogens is 2. The highest BCUT2D eigenvalue weighted by atomic mass is 16.6. The smallest absolute Gasteiger partial charge is 0.260 e. The first-order chi connectivity index (χ1) is 39.7. The molecule has 0 radical (unpaired) electrons. The van der Waals surface area contributed by atoms with Gasteiger partial charge in [0.05, 0.1) is 48.1 Å². The van der Waals surface area contributed by atoms with Gasteiger partial charge in [0.2, 0.25) is 11.8 Å². The Hall–Kier alpha value is -4.46. The molecule has 8 aliphatic heterocycles. The number of benzene rings is 1. The molecule has 6 bridgehead atoms. The third-order valence-corrected chi connectivity index (χ3v) is 20.7. The van der Waals surface area contributed by atoms with Gasteiger partial charge in [-0.05, 0) is 144 Å². The highest BCUT2D eigenvalue weighted by Crippen LogP contribution is 2.46. The maximum absolute atomic E-state index is 15.2. The SMILES string of the molecule is CCCCCC[C@@H](C(=O)N[C@H]1CN2CCC=C(C2)c2ccc3c(c2)c(c(-c2cc(N4CCN5CCCC[C@@H]5C4)cnc2[C@H](C)OC)n3CC)CC(C)(C)COC(O)[C@@H]2CCCN(N2)C1=O)N1CC[C@]2(CCN(C(=O)[C@@H]3N[C@@H]3C3CC3)C2)C1. The molecule has 10 atom stereocenters. The number of aliphatic hydroxyl groups is 1. The highest BCUT2D eigenvalue weighted by Gasteiger charge is 2.55. The summed E-state index contributed by atoms with van der Waals surface area (Å²) in [5, 5.41) is 21.8. The van der Waals surface area contributed by atoms with E-state index in [9.17, 15) is 9.90 Å². The second kappa shape index (κ2) is 24.5. The lowest BCUT2D eigenvalue weighted by atomic mass is 9.84. The number of fused-ring (bicyclic) bond motifs is 7. The Balaban J connectivity index is 0.852. The molecule has 1 saturated carbocycles. The third-order valence-electron chi connectivity index (χ3n) is 20.7. The van der Waals surface area contributed by atoms with Crippen LogP contribution in [0.1, 0.15) is 154 Å². The lowest BCUT2D eigenvalue weighted by Gasteiger charge is -2.45. The molecular weight excluding hydrogens is 1030 g/mol. The predicted octanol–water partition coefficient (Wildman–Crippen LogP) is 7.11. The number of likely N-dealkylation sites (tertiary alicyclic amines) is 2. The van der Waals surface area contributed by atoms with Gasteiger partial charge in [-0.1, -0.05) is 65.0 Å². The minimum Gasteiger partial charge on any atom is -0.375 e. The van der Waals surface area contributed by atoms with E-state index in [2.05, 4.69) is 116 Å². The van der Waals surface area contributed by atoms with Crippen molar-refractivity contribution in [2.75, 3.05) is 97.2 Å². The summed E-state index contributed by atoms with van der Waals surface area (Å²) in [7, 11) is 1.77. The average Bonchev–Trinajstić information content (AvgIpc) is 3.91. The largest absolute Gasteiger partial charge is 0.375 e. The number of aryl methyl sites for hydroxylation is 1. The molecule has 3 amide bonds. The summed E-state index contributed by atoms with van der Waals surface area (Å²) in [6.45, 7) is 21.6. The van der Waals surface area contributed by atoms with Crippen molar-refractivity contribution >= 4 is 39.9 Å². The van der Waals surface area contributed by atoms with E-state index >= 15 is 9.59 Å².